The topological polar surface area (TPSA) is 18.5 Å². The Kier molecular flexibility index (Phi) is 5.05. The number of hydrogen-bond donors (Lipinski definition) is 1. The van der Waals surface area contributed by atoms with Gasteiger partial charge in [-0.15, -0.1) is 0 Å². The molecule has 0 aromatic carbocycles. The summed E-state index contributed by atoms with van der Waals surface area (Å²) in [5, 5.41) is 3.74. The molecule has 0 aliphatic carbocycles. The standard InChI is InChI=1S/C15H31N3/c1-15(8-4-5-9-16-15)13-18-10-6-14(7-11-18)12-17(2)3/h14,16H,4-13H2,1-3H3. The van der Waals surface area contributed by atoms with Crippen LogP contribution in [0.4, 0.5) is 0 Å². The van der Waals surface area contributed by atoms with E-state index in [9.17, 15) is 0 Å². The van der Waals surface area contributed by atoms with Gasteiger partial charge in [-0.3, -0.25) is 0 Å². The Balaban J connectivity index is 1.72. The molecule has 2 rings (SSSR count). The molecule has 0 aromatic rings. The summed E-state index contributed by atoms with van der Waals surface area (Å²) in [5.74, 6) is 0.920. The first kappa shape index (κ1) is 14.3. The van der Waals surface area contributed by atoms with Gasteiger partial charge in [0, 0.05) is 18.6 Å². The minimum Gasteiger partial charge on any atom is -0.310 e. The number of nitrogens with one attached hydrogen (secondary N) is 1. The lowest BCUT2D eigenvalue weighted by molar-refractivity contribution is 0.114. The Morgan fingerprint density at radius 1 is 1.22 bits per heavy atom. The fraction of sp³-hybridized carbons (Fsp3) is 1.00. The molecular weight excluding hydrogens is 222 g/mol. The molecule has 2 heterocycles. The van der Waals surface area contributed by atoms with Gasteiger partial charge in [0.15, 0.2) is 0 Å². The summed E-state index contributed by atoms with van der Waals surface area (Å²) in [7, 11) is 4.39. The largest absolute Gasteiger partial charge is 0.310 e. The van der Waals surface area contributed by atoms with E-state index in [1.165, 1.54) is 64.8 Å². The zero-order chi connectivity index (χ0) is 13.0. The number of rotatable bonds is 4. The van der Waals surface area contributed by atoms with Crippen molar-refractivity contribution in [1.82, 2.24) is 15.1 Å². The summed E-state index contributed by atoms with van der Waals surface area (Å²) in [6.07, 6.45) is 6.88. The van der Waals surface area contributed by atoms with Crippen LogP contribution in [0.25, 0.3) is 0 Å². The van der Waals surface area contributed by atoms with Crippen molar-refractivity contribution in [3.63, 3.8) is 0 Å². The monoisotopic (exact) mass is 253 g/mol. The predicted octanol–water partition coefficient (Wildman–Crippen LogP) is 1.79. The van der Waals surface area contributed by atoms with Crippen molar-refractivity contribution in [3.05, 3.63) is 0 Å². The fourth-order valence-corrected chi connectivity index (χ4v) is 3.59. The maximum atomic E-state index is 3.74. The zero-order valence-corrected chi connectivity index (χ0v) is 12.5. The van der Waals surface area contributed by atoms with Gasteiger partial charge in [-0.2, -0.15) is 0 Å². The Labute approximate surface area is 113 Å². The van der Waals surface area contributed by atoms with Gasteiger partial charge >= 0.3 is 0 Å². The van der Waals surface area contributed by atoms with Crippen molar-refractivity contribution in [2.24, 2.45) is 5.92 Å². The van der Waals surface area contributed by atoms with E-state index in [1.807, 2.05) is 0 Å². The average molecular weight is 253 g/mol. The van der Waals surface area contributed by atoms with E-state index in [4.69, 9.17) is 0 Å². The number of nitrogens with zero attached hydrogens (tertiary/aromatic N) is 2. The van der Waals surface area contributed by atoms with Gasteiger partial charge in [-0.25, -0.2) is 0 Å². The van der Waals surface area contributed by atoms with Crippen LogP contribution < -0.4 is 5.32 Å². The number of hydrogen-bond acceptors (Lipinski definition) is 3. The Hall–Kier alpha value is -0.120. The van der Waals surface area contributed by atoms with Crippen LogP contribution in [0.5, 0.6) is 0 Å². The van der Waals surface area contributed by atoms with Gasteiger partial charge < -0.3 is 15.1 Å². The zero-order valence-electron chi connectivity index (χ0n) is 12.5. The second-order valence-electron chi connectivity index (χ2n) is 6.93. The fourth-order valence-electron chi connectivity index (χ4n) is 3.59. The minimum atomic E-state index is 0.382. The van der Waals surface area contributed by atoms with Crippen LogP contribution in [-0.2, 0) is 0 Å². The van der Waals surface area contributed by atoms with E-state index < -0.39 is 0 Å². The molecule has 1 N–H and O–H groups in total. The molecule has 3 nitrogen and oxygen atoms in total. The van der Waals surface area contributed by atoms with Crippen molar-refractivity contribution in [3.8, 4) is 0 Å². The SMILES string of the molecule is CN(C)CC1CCN(CC2(C)CCCCN2)CC1. The van der Waals surface area contributed by atoms with Crippen LogP contribution in [0.2, 0.25) is 0 Å². The molecule has 2 fully saturated rings. The third kappa shape index (κ3) is 4.22. The Morgan fingerprint density at radius 2 is 1.94 bits per heavy atom. The summed E-state index contributed by atoms with van der Waals surface area (Å²) < 4.78 is 0. The molecule has 0 spiro atoms. The molecule has 0 radical (unpaired) electrons. The highest BCUT2D eigenvalue weighted by atomic mass is 15.2. The molecule has 1 atom stereocenters. The van der Waals surface area contributed by atoms with Crippen LogP contribution in [0.1, 0.15) is 39.0 Å². The first-order chi connectivity index (χ1) is 8.57. The molecule has 0 bridgehead atoms. The highest BCUT2D eigenvalue weighted by Gasteiger charge is 2.30. The highest BCUT2D eigenvalue weighted by Crippen LogP contribution is 2.23. The molecule has 2 saturated heterocycles. The average Bonchev–Trinajstić information content (AvgIpc) is 2.31. The van der Waals surface area contributed by atoms with Gasteiger partial charge in [-0.1, -0.05) is 6.42 Å². The number of likely N-dealkylation sites (tertiary alicyclic amines) is 1. The summed E-state index contributed by atoms with van der Waals surface area (Å²) in [6, 6.07) is 0. The molecule has 2 aliphatic heterocycles. The van der Waals surface area contributed by atoms with E-state index in [0.29, 0.717) is 5.54 Å². The molecule has 0 aromatic heterocycles. The van der Waals surface area contributed by atoms with Crippen molar-refractivity contribution in [2.45, 2.75) is 44.6 Å². The second-order valence-corrected chi connectivity index (χ2v) is 6.93. The lowest BCUT2D eigenvalue weighted by Gasteiger charge is -2.42. The van der Waals surface area contributed by atoms with E-state index in [0.717, 1.165) is 5.92 Å². The maximum Gasteiger partial charge on any atom is 0.0280 e. The predicted molar refractivity (Wildman–Crippen MR) is 78.0 cm³/mol. The molecule has 3 heteroatoms. The lowest BCUT2D eigenvalue weighted by Crippen LogP contribution is -2.55. The first-order valence-corrected chi connectivity index (χ1v) is 7.69. The van der Waals surface area contributed by atoms with Crippen molar-refractivity contribution in [2.75, 3.05) is 46.8 Å². The summed E-state index contributed by atoms with van der Waals surface area (Å²) in [4.78, 5) is 5.02. The van der Waals surface area contributed by atoms with E-state index in [2.05, 4.69) is 36.1 Å². The van der Waals surface area contributed by atoms with Gasteiger partial charge in [0.1, 0.15) is 0 Å². The third-order valence-electron chi connectivity index (χ3n) is 4.61. The van der Waals surface area contributed by atoms with Gasteiger partial charge in [0.05, 0.1) is 0 Å². The highest BCUT2D eigenvalue weighted by molar-refractivity contribution is 4.90. The molecule has 2 aliphatic rings. The first-order valence-electron chi connectivity index (χ1n) is 7.69. The lowest BCUT2D eigenvalue weighted by atomic mass is 9.88. The smallest absolute Gasteiger partial charge is 0.0280 e. The minimum absolute atomic E-state index is 0.382. The Bertz CT molecular complexity index is 238. The molecular formula is C15H31N3. The molecule has 106 valence electrons. The van der Waals surface area contributed by atoms with Crippen LogP contribution in [-0.4, -0.2) is 62.2 Å². The normalized spacial score (nSPS) is 32.0. The molecule has 1 unspecified atom stereocenters. The van der Waals surface area contributed by atoms with E-state index in [1.54, 1.807) is 0 Å². The summed E-state index contributed by atoms with van der Waals surface area (Å²) >= 11 is 0. The van der Waals surface area contributed by atoms with Crippen molar-refractivity contribution >= 4 is 0 Å². The Morgan fingerprint density at radius 3 is 2.50 bits per heavy atom. The van der Waals surface area contributed by atoms with E-state index in [-0.39, 0.29) is 0 Å². The van der Waals surface area contributed by atoms with Crippen molar-refractivity contribution in [1.29, 1.82) is 0 Å². The summed E-state index contributed by atoms with van der Waals surface area (Å²) in [5.41, 5.74) is 0.382. The quantitative estimate of drug-likeness (QED) is 0.824. The van der Waals surface area contributed by atoms with Crippen LogP contribution in [0.15, 0.2) is 0 Å². The molecule has 0 amide bonds. The van der Waals surface area contributed by atoms with Crippen LogP contribution in [0.3, 0.4) is 0 Å². The maximum absolute atomic E-state index is 3.74. The molecule has 18 heavy (non-hydrogen) atoms. The number of piperidine rings is 2. The van der Waals surface area contributed by atoms with E-state index >= 15 is 0 Å². The third-order valence-corrected chi connectivity index (χ3v) is 4.61. The summed E-state index contributed by atoms with van der Waals surface area (Å²) in [6.45, 7) is 8.75. The van der Waals surface area contributed by atoms with Crippen molar-refractivity contribution < 1.29 is 0 Å². The molecule has 0 saturated carbocycles. The van der Waals surface area contributed by atoms with Crippen LogP contribution >= 0.6 is 0 Å². The van der Waals surface area contributed by atoms with Crippen LogP contribution in [0, 0.1) is 5.92 Å². The van der Waals surface area contributed by atoms with Gasteiger partial charge in [-0.05, 0) is 72.3 Å². The second kappa shape index (κ2) is 6.36. The van der Waals surface area contributed by atoms with Gasteiger partial charge in [0.25, 0.3) is 0 Å². The van der Waals surface area contributed by atoms with Gasteiger partial charge in [0.2, 0.25) is 0 Å².